The number of rotatable bonds is 2. The molecule has 1 aromatic carbocycles. The summed E-state index contributed by atoms with van der Waals surface area (Å²) in [7, 11) is 0. The molecule has 1 aromatic heterocycles. The van der Waals surface area contributed by atoms with Crippen molar-refractivity contribution in [2.75, 3.05) is 11.1 Å². The molecule has 1 heterocycles. The van der Waals surface area contributed by atoms with Crippen molar-refractivity contribution < 1.29 is 4.79 Å². The highest BCUT2D eigenvalue weighted by atomic mass is 127. The van der Waals surface area contributed by atoms with E-state index in [-0.39, 0.29) is 11.3 Å². The SMILES string of the molecule is CC(C)(C)c1cc(C(=O)Nc2ccc(I)cc2)cc(N)n1. The molecule has 110 valence electrons. The second kappa shape index (κ2) is 6.01. The normalized spacial score (nSPS) is 11.2. The number of hydrogen-bond acceptors (Lipinski definition) is 3. The Morgan fingerprint density at radius 2 is 1.81 bits per heavy atom. The van der Waals surface area contributed by atoms with E-state index in [4.69, 9.17) is 5.73 Å². The van der Waals surface area contributed by atoms with Crippen molar-refractivity contribution in [3.63, 3.8) is 0 Å². The third-order valence-corrected chi connectivity index (χ3v) is 3.70. The Bertz CT molecular complexity index is 660. The van der Waals surface area contributed by atoms with E-state index in [1.54, 1.807) is 12.1 Å². The highest BCUT2D eigenvalue weighted by Crippen LogP contribution is 2.23. The van der Waals surface area contributed by atoms with E-state index in [2.05, 4.69) is 32.9 Å². The predicted molar refractivity (Wildman–Crippen MR) is 94.5 cm³/mol. The maximum Gasteiger partial charge on any atom is 0.255 e. The van der Waals surface area contributed by atoms with Crippen LogP contribution in [0.2, 0.25) is 0 Å². The Morgan fingerprint density at radius 1 is 1.19 bits per heavy atom. The van der Waals surface area contributed by atoms with Gasteiger partial charge in [-0.25, -0.2) is 4.98 Å². The number of nitrogens with two attached hydrogens (primary N) is 1. The van der Waals surface area contributed by atoms with Crippen LogP contribution in [0.5, 0.6) is 0 Å². The zero-order valence-electron chi connectivity index (χ0n) is 12.3. The Kier molecular flexibility index (Phi) is 4.51. The number of carbonyl (C=O) groups excluding carboxylic acids is 1. The third-order valence-electron chi connectivity index (χ3n) is 2.98. The molecule has 2 aromatic rings. The summed E-state index contributed by atoms with van der Waals surface area (Å²) in [6.45, 7) is 6.11. The first-order valence-electron chi connectivity index (χ1n) is 6.61. The van der Waals surface area contributed by atoms with Crippen LogP contribution in [0.3, 0.4) is 0 Å². The molecule has 0 aliphatic rings. The summed E-state index contributed by atoms with van der Waals surface area (Å²) in [6.07, 6.45) is 0. The van der Waals surface area contributed by atoms with Crippen molar-refractivity contribution in [2.45, 2.75) is 26.2 Å². The fraction of sp³-hybridized carbons (Fsp3) is 0.250. The van der Waals surface area contributed by atoms with Gasteiger partial charge in [0.2, 0.25) is 0 Å². The van der Waals surface area contributed by atoms with Gasteiger partial charge in [0.25, 0.3) is 5.91 Å². The molecule has 0 spiro atoms. The standard InChI is InChI=1S/C16H18IN3O/c1-16(2,3)13-8-10(9-14(18)20-13)15(21)19-12-6-4-11(17)5-7-12/h4-9H,1-3H3,(H2,18,20)(H,19,21). The van der Waals surface area contributed by atoms with Crippen LogP contribution >= 0.6 is 22.6 Å². The molecule has 0 unspecified atom stereocenters. The first kappa shape index (κ1) is 15.8. The number of halogens is 1. The molecule has 0 saturated heterocycles. The summed E-state index contributed by atoms with van der Waals surface area (Å²) >= 11 is 2.22. The summed E-state index contributed by atoms with van der Waals surface area (Å²) in [5.74, 6) is 0.172. The van der Waals surface area contributed by atoms with E-state index >= 15 is 0 Å². The van der Waals surface area contributed by atoms with Crippen molar-refractivity contribution >= 4 is 40.0 Å². The number of pyridine rings is 1. The zero-order chi connectivity index (χ0) is 15.6. The Morgan fingerprint density at radius 3 is 2.38 bits per heavy atom. The highest BCUT2D eigenvalue weighted by Gasteiger charge is 2.18. The van der Waals surface area contributed by atoms with Gasteiger partial charge in [0, 0.05) is 25.9 Å². The second-order valence-electron chi connectivity index (χ2n) is 5.88. The molecular formula is C16H18IN3O. The molecular weight excluding hydrogens is 377 g/mol. The van der Waals surface area contributed by atoms with Crippen LogP contribution in [0.25, 0.3) is 0 Å². The minimum atomic E-state index is -0.184. The molecule has 0 aliphatic carbocycles. The molecule has 2 rings (SSSR count). The maximum absolute atomic E-state index is 12.3. The van der Waals surface area contributed by atoms with Crippen molar-refractivity contribution in [3.05, 3.63) is 51.2 Å². The number of amides is 1. The summed E-state index contributed by atoms with van der Waals surface area (Å²) in [4.78, 5) is 16.6. The lowest BCUT2D eigenvalue weighted by atomic mass is 9.90. The number of benzene rings is 1. The summed E-state index contributed by atoms with van der Waals surface area (Å²) in [5, 5.41) is 2.87. The van der Waals surface area contributed by atoms with Crippen LogP contribution in [0.4, 0.5) is 11.5 Å². The van der Waals surface area contributed by atoms with Crippen molar-refractivity contribution in [3.8, 4) is 0 Å². The predicted octanol–water partition coefficient (Wildman–Crippen LogP) is 3.82. The molecule has 5 heteroatoms. The van der Waals surface area contributed by atoms with E-state index in [1.807, 2.05) is 45.0 Å². The average Bonchev–Trinajstić information content (AvgIpc) is 2.39. The van der Waals surface area contributed by atoms with Gasteiger partial charge < -0.3 is 11.1 Å². The van der Waals surface area contributed by atoms with Crippen LogP contribution in [0, 0.1) is 3.57 Å². The lowest BCUT2D eigenvalue weighted by Gasteiger charge is -2.19. The number of nitrogen functional groups attached to an aromatic ring is 1. The molecule has 3 N–H and O–H groups in total. The van der Waals surface area contributed by atoms with E-state index in [0.717, 1.165) is 15.0 Å². The Hall–Kier alpha value is -1.63. The fourth-order valence-electron chi connectivity index (χ4n) is 1.80. The van der Waals surface area contributed by atoms with E-state index in [9.17, 15) is 4.79 Å². The van der Waals surface area contributed by atoms with Gasteiger partial charge in [-0.2, -0.15) is 0 Å². The van der Waals surface area contributed by atoms with Gasteiger partial charge >= 0.3 is 0 Å². The number of aromatic nitrogens is 1. The molecule has 0 atom stereocenters. The van der Waals surface area contributed by atoms with Crippen LogP contribution < -0.4 is 11.1 Å². The maximum atomic E-state index is 12.3. The van der Waals surface area contributed by atoms with Crippen LogP contribution in [-0.4, -0.2) is 10.9 Å². The molecule has 4 nitrogen and oxygen atoms in total. The van der Waals surface area contributed by atoms with E-state index < -0.39 is 0 Å². The highest BCUT2D eigenvalue weighted by molar-refractivity contribution is 14.1. The first-order chi connectivity index (χ1) is 9.75. The second-order valence-corrected chi connectivity index (χ2v) is 7.12. The summed E-state index contributed by atoms with van der Waals surface area (Å²) in [6, 6.07) is 11.0. The zero-order valence-corrected chi connectivity index (χ0v) is 14.4. The number of anilines is 2. The molecule has 21 heavy (non-hydrogen) atoms. The molecule has 0 saturated carbocycles. The Labute approximate surface area is 138 Å². The quantitative estimate of drug-likeness (QED) is 0.760. The van der Waals surface area contributed by atoms with Gasteiger partial charge in [-0.3, -0.25) is 4.79 Å². The molecule has 1 amide bonds. The fourth-order valence-corrected chi connectivity index (χ4v) is 2.16. The first-order valence-corrected chi connectivity index (χ1v) is 7.68. The smallest absolute Gasteiger partial charge is 0.255 e. The minimum Gasteiger partial charge on any atom is -0.384 e. The van der Waals surface area contributed by atoms with Gasteiger partial charge in [-0.15, -0.1) is 0 Å². The minimum absolute atomic E-state index is 0.159. The van der Waals surface area contributed by atoms with Gasteiger partial charge in [-0.1, -0.05) is 20.8 Å². The van der Waals surface area contributed by atoms with Gasteiger partial charge in [0.1, 0.15) is 5.82 Å². The topological polar surface area (TPSA) is 68.0 Å². The van der Waals surface area contributed by atoms with Crippen LogP contribution in [0.1, 0.15) is 36.8 Å². The molecule has 0 fully saturated rings. The van der Waals surface area contributed by atoms with Gasteiger partial charge in [-0.05, 0) is 59.0 Å². The summed E-state index contributed by atoms with van der Waals surface area (Å²) in [5.41, 5.74) is 7.73. The van der Waals surface area contributed by atoms with Gasteiger partial charge in [0.05, 0.1) is 0 Å². The number of nitrogens with zero attached hydrogens (tertiary/aromatic N) is 1. The third kappa shape index (κ3) is 4.17. The van der Waals surface area contributed by atoms with Crippen LogP contribution in [-0.2, 0) is 5.41 Å². The monoisotopic (exact) mass is 395 g/mol. The molecule has 0 radical (unpaired) electrons. The largest absolute Gasteiger partial charge is 0.384 e. The van der Waals surface area contributed by atoms with Crippen molar-refractivity contribution in [1.82, 2.24) is 4.98 Å². The van der Waals surface area contributed by atoms with E-state index in [1.165, 1.54) is 0 Å². The van der Waals surface area contributed by atoms with Crippen molar-refractivity contribution in [1.29, 1.82) is 0 Å². The van der Waals surface area contributed by atoms with Gasteiger partial charge in [0.15, 0.2) is 0 Å². The number of carbonyl (C=O) groups is 1. The Balaban J connectivity index is 2.27. The summed E-state index contributed by atoms with van der Waals surface area (Å²) < 4.78 is 1.12. The number of nitrogens with one attached hydrogen (secondary N) is 1. The average molecular weight is 395 g/mol. The van der Waals surface area contributed by atoms with Crippen molar-refractivity contribution in [2.24, 2.45) is 0 Å². The van der Waals surface area contributed by atoms with Crippen LogP contribution in [0.15, 0.2) is 36.4 Å². The lowest BCUT2D eigenvalue weighted by molar-refractivity contribution is 0.102. The lowest BCUT2D eigenvalue weighted by Crippen LogP contribution is -2.18. The molecule has 0 bridgehead atoms. The number of hydrogen-bond donors (Lipinski definition) is 2. The van der Waals surface area contributed by atoms with E-state index in [0.29, 0.717) is 11.4 Å². The molecule has 0 aliphatic heterocycles.